The van der Waals surface area contributed by atoms with Gasteiger partial charge in [-0.3, -0.25) is 4.79 Å². The third-order valence-electron chi connectivity index (χ3n) is 3.33. The number of amides is 1. The van der Waals surface area contributed by atoms with E-state index in [0.717, 1.165) is 27.8 Å². The summed E-state index contributed by atoms with van der Waals surface area (Å²) < 4.78 is 5.68. The second-order valence-corrected chi connectivity index (χ2v) is 4.88. The summed E-state index contributed by atoms with van der Waals surface area (Å²) in [6, 6.07) is 15.3. The highest BCUT2D eigenvalue weighted by Gasteiger charge is 2.17. The zero-order chi connectivity index (χ0) is 14.1. The number of para-hydroxylation sites is 1. The molecule has 0 saturated heterocycles. The van der Waals surface area contributed by atoms with Crippen LogP contribution in [-0.4, -0.2) is 5.91 Å². The summed E-state index contributed by atoms with van der Waals surface area (Å²) in [5, 5.41) is 3.83. The average molecular weight is 265 g/mol. The van der Waals surface area contributed by atoms with Gasteiger partial charge in [-0.2, -0.15) is 0 Å². The normalized spacial score (nSPS) is 10.7. The monoisotopic (exact) mass is 265 g/mol. The first-order valence-corrected chi connectivity index (χ1v) is 6.51. The van der Waals surface area contributed by atoms with Crippen LogP contribution in [0.2, 0.25) is 0 Å². The van der Waals surface area contributed by atoms with Crippen LogP contribution in [0.25, 0.3) is 11.0 Å². The molecule has 0 saturated carbocycles. The number of nitrogens with one attached hydrogen (secondary N) is 1. The maximum absolute atomic E-state index is 12.3. The van der Waals surface area contributed by atoms with Crippen molar-refractivity contribution in [2.75, 3.05) is 5.32 Å². The fourth-order valence-electron chi connectivity index (χ4n) is 2.26. The third-order valence-corrected chi connectivity index (χ3v) is 3.33. The van der Waals surface area contributed by atoms with Crippen molar-refractivity contribution in [3.05, 3.63) is 65.4 Å². The minimum atomic E-state index is -0.220. The zero-order valence-corrected chi connectivity index (χ0v) is 11.4. The largest absolute Gasteiger partial charge is 0.451 e. The molecule has 0 spiro atoms. The number of fused-ring (bicyclic) bond motifs is 1. The summed E-state index contributed by atoms with van der Waals surface area (Å²) in [5.74, 6) is 0.150. The van der Waals surface area contributed by atoms with E-state index in [1.165, 1.54) is 0 Å². The number of hydrogen-bond acceptors (Lipinski definition) is 2. The van der Waals surface area contributed by atoms with E-state index in [4.69, 9.17) is 4.42 Å². The zero-order valence-electron chi connectivity index (χ0n) is 11.4. The van der Waals surface area contributed by atoms with Crippen molar-refractivity contribution >= 4 is 22.6 Å². The molecule has 0 aliphatic heterocycles. The van der Waals surface area contributed by atoms with Gasteiger partial charge in [0, 0.05) is 16.6 Å². The predicted octanol–water partition coefficient (Wildman–Crippen LogP) is 4.30. The van der Waals surface area contributed by atoms with Gasteiger partial charge in [0.1, 0.15) is 5.58 Å². The predicted molar refractivity (Wildman–Crippen MR) is 80.1 cm³/mol. The van der Waals surface area contributed by atoms with Gasteiger partial charge >= 0.3 is 0 Å². The van der Waals surface area contributed by atoms with Crippen molar-refractivity contribution in [3.63, 3.8) is 0 Å². The van der Waals surface area contributed by atoms with Crippen LogP contribution in [0, 0.1) is 13.8 Å². The van der Waals surface area contributed by atoms with Crippen molar-refractivity contribution in [1.82, 2.24) is 0 Å². The van der Waals surface area contributed by atoms with E-state index in [1.807, 2.05) is 62.4 Å². The summed E-state index contributed by atoms with van der Waals surface area (Å²) in [5.41, 5.74) is 3.52. The topological polar surface area (TPSA) is 42.2 Å². The van der Waals surface area contributed by atoms with Crippen molar-refractivity contribution in [3.8, 4) is 0 Å². The van der Waals surface area contributed by atoms with Crippen LogP contribution >= 0.6 is 0 Å². The minimum Gasteiger partial charge on any atom is -0.451 e. The Bertz CT molecular complexity index is 772. The molecule has 0 fully saturated rings. The fourth-order valence-corrected chi connectivity index (χ4v) is 2.26. The van der Waals surface area contributed by atoms with E-state index in [2.05, 4.69) is 5.32 Å². The lowest BCUT2D eigenvalue weighted by Gasteiger charge is -2.02. The van der Waals surface area contributed by atoms with E-state index in [-0.39, 0.29) is 5.91 Å². The molecule has 1 heterocycles. The average Bonchev–Trinajstić information content (AvgIpc) is 2.77. The number of carbonyl (C=O) groups is 1. The molecule has 20 heavy (non-hydrogen) atoms. The molecule has 3 heteroatoms. The first-order valence-electron chi connectivity index (χ1n) is 6.51. The number of furan rings is 1. The van der Waals surface area contributed by atoms with Gasteiger partial charge in [-0.25, -0.2) is 0 Å². The van der Waals surface area contributed by atoms with Crippen molar-refractivity contribution in [2.24, 2.45) is 0 Å². The molecule has 0 bridgehead atoms. The number of rotatable bonds is 2. The molecule has 3 nitrogen and oxygen atoms in total. The number of anilines is 1. The van der Waals surface area contributed by atoms with Crippen molar-refractivity contribution in [1.29, 1.82) is 0 Å². The number of aryl methyl sites for hydroxylation is 2. The second kappa shape index (κ2) is 4.85. The van der Waals surface area contributed by atoms with Crippen LogP contribution in [0.1, 0.15) is 21.7 Å². The Labute approximate surface area is 117 Å². The van der Waals surface area contributed by atoms with Crippen LogP contribution in [-0.2, 0) is 0 Å². The van der Waals surface area contributed by atoms with Crippen LogP contribution in [0.4, 0.5) is 5.69 Å². The Morgan fingerprint density at radius 2 is 1.80 bits per heavy atom. The Kier molecular flexibility index (Phi) is 3.03. The van der Waals surface area contributed by atoms with Crippen molar-refractivity contribution in [2.45, 2.75) is 13.8 Å². The van der Waals surface area contributed by atoms with E-state index in [9.17, 15) is 4.79 Å². The quantitative estimate of drug-likeness (QED) is 0.750. The van der Waals surface area contributed by atoms with Crippen LogP contribution in [0.15, 0.2) is 52.9 Å². The molecule has 3 rings (SSSR count). The highest BCUT2D eigenvalue weighted by molar-refractivity contribution is 6.06. The maximum Gasteiger partial charge on any atom is 0.291 e. The smallest absolute Gasteiger partial charge is 0.291 e. The van der Waals surface area contributed by atoms with Crippen molar-refractivity contribution < 1.29 is 9.21 Å². The lowest BCUT2D eigenvalue weighted by Crippen LogP contribution is -2.11. The third kappa shape index (κ3) is 2.18. The number of benzene rings is 2. The summed E-state index contributed by atoms with van der Waals surface area (Å²) in [6.07, 6.45) is 0. The Morgan fingerprint density at radius 3 is 2.55 bits per heavy atom. The van der Waals surface area contributed by atoms with E-state index in [1.54, 1.807) is 0 Å². The highest BCUT2D eigenvalue weighted by atomic mass is 16.3. The molecule has 0 aliphatic carbocycles. The Balaban J connectivity index is 1.98. The standard InChI is InChI=1S/C17H15NO2/c1-11-8-9-15-14(10-11)12(2)16(20-15)17(19)18-13-6-4-3-5-7-13/h3-10H,1-2H3,(H,18,19). The molecule has 0 unspecified atom stereocenters. The van der Waals surface area contributed by atoms with Gasteiger partial charge in [-0.15, -0.1) is 0 Å². The summed E-state index contributed by atoms with van der Waals surface area (Å²) in [6.45, 7) is 3.93. The molecule has 1 amide bonds. The Hall–Kier alpha value is -2.55. The molecule has 1 aromatic heterocycles. The number of hydrogen-bond donors (Lipinski definition) is 1. The van der Waals surface area contributed by atoms with Gasteiger partial charge in [0.2, 0.25) is 0 Å². The minimum absolute atomic E-state index is 0.220. The lowest BCUT2D eigenvalue weighted by molar-refractivity contribution is 0.0998. The van der Waals surface area contributed by atoms with Gasteiger partial charge in [0.05, 0.1) is 0 Å². The van der Waals surface area contributed by atoms with Gasteiger partial charge in [-0.1, -0.05) is 29.8 Å². The van der Waals surface area contributed by atoms with Crippen LogP contribution in [0.3, 0.4) is 0 Å². The Morgan fingerprint density at radius 1 is 1.05 bits per heavy atom. The lowest BCUT2D eigenvalue weighted by atomic mass is 10.1. The molecule has 3 aromatic rings. The van der Waals surface area contributed by atoms with E-state index >= 15 is 0 Å². The highest BCUT2D eigenvalue weighted by Crippen LogP contribution is 2.26. The molecule has 2 aromatic carbocycles. The molecule has 0 atom stereocenters. The maximum atomic E-state index is 12.3. The fraction of sp³-hybridized carbons (Fsp3) is 0.118. The first kappa shape index (κ1) is 12.5. The first-order chi connectivity index (χ1) is 9.65. The van der Waals surface area contributed by atoms with Gasteiger partial charge in [-0.05, 0) is 38.1 Å². The molecule has 1 N–H and O–H groups in total. The van der Waals surface area contributed by atoms with Crippen LogP contribution < -0.4 is 5.32 Å². The SMILES string of the molecule is Cc1ccc2oc(C(=O)Nc3ccccc3)c(C)c2c1. The summed E-state index contributed by atoms with van der Waals surface area (Å²) >= 11 is 0. The molecule has 0 radical (unpaired) electrons. The second-order valence-electron chi connectivity index (χ2n) is 4.88. The molecule has 0 aliphatic rings. The molecular formula is C17H15NO2. The summed E-state index contributed by atoms with van der Waals surface area (Å²) in [4.78, 5) is 12.3. The van der Waals surface area contributed by atoms with Gasteiger partial charge < -0.3 is 9.73 Å². The van der Waals surface area contributed by atoms with Gasteiger partial charge in [0.15, 0.2) is 5.76 Å². The molecular weight excluding hydrogens is 250 g/mol. The van der Waals surface area contributed by atoms with E-state index < -0.39 is 0 Å². The van der Waals surface area contributed by atoms with Gasteiger partial charge in [0.25, 0.3) is 5.91 Å². The van der Waals surface area contributed by atoms with Crippen LogP contribution in [0.5, 0.6) is 0 Å². The summed E-state index contributed by atoms with van der Waals surface area (Å²) in [7, 11) is 0. The van der Waals surface area contributed by atoms with E-state index in [0.29, 0.717) is 5.76 Å². The molecule has 100 valence electrons. The number of carbonyl (C=O) groups excluding carboxylic acids is 1.